The maximum atomic E-state index is 12.3. The van der Waals surface area contributed by atoms with Crippen LogP contribution in [0.3, 0.4) is 0 Å². The topological polar surface area (TPSA) is 51.3 Å². The summed E-state index contributed by atoms with van der Waals surface area (Å²) >= 11 is 0. The van der Waals surface area contributed by atoms with E-state index in [0.717, 1.165) is 0 Å². The quantitative estimate of drug-likeness (QED) is 0.633. The van der Waals surface area contributed by atoms with Gasteiger partial charge in [0.05, 0.1) is 28.8 Å². The lowest BCUT2D eigenvalue weighted by Crippen LogP contribution is -2.26. The summed E-state index contributed by atoms with van der Waals surface area (Å²) in [5.74, 6) is 0.254. The van der Waals surface area contributed by atoms with Gasteiger partial charge in [0, 0.05) is 0 Å². The predicted octanol–water partition coefficient (Wildman–Crippen LogP) is 1.54. The third-order valence-electron chi connectivity index (χ3n) is 2.50. The second kappa shape index (κ2) is 7.56. The molecule has 0 spiro atoms. The first kappa shape index (κ1) is 16.1. The van der Waals surface area contributed by atoms with Crippen LogP contribution >= 0.6 is 0 Å². The minimum Gasteiger partial charge on any atom is -0.479 e. The lowest BCUT2D eigenvalue weighted by molar-refractivity contribution is 0.0581. The molecule has 1 rings (SSSR count). The minimum absolute atomic E-state index is 0.000443. The molecule has 1 aromatic heterocycles. The molecular formula is C16H21NO3. The van der Waals surface area contributed by atoms with Crippen LogP contribution in [0.15, 0.2) is 11.8 Å². The number of Topliss-reactive ketones (excluding diaryl/α,β-unsaturated/α-hetero) is 1. The number of aromatic nitrogens is 1. The first-order valence-corrected chi connectivity index (χ1v) is 6.66. The van der Waals surface area contributed by atoms with E-state index in [1.54, 1.807) is 6.08 Å². The van der Waals surface area contributed by atoms with Crippen LogP contribution in [0.25, 0.3) is 12.3 Å². The Hall–Kier alpha value is -1.99. The van der Waals surface area contributed by atoms with E-state index in [1.807, 2.05) is 27.7 Å². The average molecular weight is 275 g/mol. The highest BCUT2D eigenvalue weighted by Gasteiger charge is 2.18. The Kier molecular flexibility index (Phi) is 6.08. The molecule has 4 nitrogen and oxygen atoms in total. The van der Waals surface area contributed by atoms with Crippen molar-refractivity contribution in [2.45, 2.75) is 33.8 Å². The van der Waals surface area contributed by atoms with Gasteiger partial charge in [0.25, 0.3) is 0 Å². The predicted molar refractivity (Wildman–Crippen MR) is 79.3 cm³/mol. The average Bonchev–Trinajstić information content (AvgIpc) is 2.70. The number of hydrogen-bond acceptors (Lipinski definition) is 3. The molecule has 0 saturated carbocycles. The van der Waals surface area contributed by atoms with Crippen LogP contribution in [-0.4, -0.2) is 30.1 Å². The van der Waals surface area contributed by atoms with Crippen molar-refractivity contribution in [1.29, 1.82) is 0 Å². The van der Waals surface area contributed by atoms with Crippen molar-refractivity contribution < 1.29 is 14.3 Å². The van der Waals surface area contributed by atoms with Crippen molar-refractivity contribution >= 4 is 18.1 Å². The summed E-state index contributed by atoms with van der Waals surface area (Å²) in [5, 5.41) is 1.15. The first-order chi connectivity index (χ1) is 9.51. The Balaban J connectivity index is 3.37. The molecule has 1 heterocycles. The number of aromatic amines is 1. The fraction of sp³-hybridized carbons (Fsp3) is 0.438. The number of ketones is 1. The Bertz CT molecular complexity index is 642. The molecule has 0 atom stereocenters. The summed E-state index contributed by atoms with van der Waals surface area (Å²) in [5.41, 5.74) is 6.18. The Morgan fingerprint density at radius 2 is 2.20 bits per heavy atom. The normalized spacial score (nSPS) is 10.1. The zero-order chi connectivity index (χ0) is 15.1. The number of nitrogens with one attached hydrogen (secondary N) is 1. The van der Waals surface area contributed by atoms with Gasteiger partial charge < -0.3 is 14.5 Å². The van der Waals surface area contributed by atoms with E-state index >= 15 is 0 Å². The highest BCUT2D eigenvalue weighted by molar-refractivity contribution is 5.99. The Morgan fingerprint density at radius 1 is 1.50 bits per heavy atom. The molecule has 1 N–H and O–H groups in total. The van der Waals surface area contributed by atoms with Gasteiger partial charge in [-0.3, -0.25) is 4.79 Å². The summed E-state index contributed by atoms with van der Waals surface area (Å²) in [6.07, 6.45) is 1.71. The molecule has 4 heteroatoms. The second-order valence-corrected chi connectivity index (χ2v) is 4.46. The van der Waals surface area contributed by atoms with Gasteiger partial charge >= 0.3 is 0 Å². The van der Waals surface area contributed by atoms with Crippen molar-refractivity contribution in [1.82, 2.24) is 4.98 Å². The highest BCUT2D eigenvalue weighted by atomic mass is 16.5. The molecular weight excluding hydrogens is 254 g/mol. The molecule has 0 aliphatic carbocycles. The fourth-order valence-corrected chi connectivity index (χ4v) is 1.64. The van der Waals surface area contributed by atoms with Gasteiger partial charge in [-0.2, -0.15) is 0 Å². The fourth-order valence-electron chi connectivity index (χ4n) is 1.64. The van der Waals surface area contributed by atoms with Crippen LogP contribution in [0.5, 0.6) is 5.88 Å². The van der Waals surface area contributed by atoms with E-state index in [-0.39, 0.29) is 18.5 Å². The first-order valence-electron chi connectivity index (χ1n) is 6.66. The van der Waals surface area contributed by atoms with E-state index in [4.69, 9.17) is 9.47 Å². The zero-order valence-electron chi connectivity index (χ0n) is 12.5. The molecule has 0 amide bonds. The standard InChI is InChI=1S/C16H21NO3/c1-6-8-9-13-12(5)17-16(19-7-2)15(13)14(18)10-20-11(3)4/h6,11,17H,5,7,10H2,1-4H3. The number of carbonyl (C=O) groups excluding carboxylic acids is 1. The lowest BCUT2D eigenvalue weighted by Gasteiger charge is -2.07. The van der Waals surface area contributed by atoms with Crippen LogP contribution < -0.4 is 15.3 Å². The van der Waals surface area contributed by atoms with Gasteiger partial charge in [-0.25, -0.2) is 0 Å². The molecule has 20 heavy (non-hydrogen) atoms. The van der Waals surface area contributed by atoms with Gasteiger partial charge in [0.1, 0.15) is 6.61 Å². The summed E-state index contributed by atoms with van der Waals surface area (Å²) in [6, 6.07) is 0. The van der Waals surface area contributed by atoms with Gasteiger partial charge in [0.2, 0.25) is 5.88 Å². The maximum absolute atomic E-state index is 12.3. The third kappa shape index (κ3) is 4.01. The van der Waals surface area contributed by atoms with Crippen LogP contribution in [0, 0.1) is 0 Å². The van der Waals surface area contributed by atoms with Crippen LogP contribution in [-0.2, 0) is 4.74 Å². The second-order valence-electron chi connectivity index (χ2n) is 4.46. The summed E-state index contributed by atoms with van der Waals surface area (Å²) in [4.78, 5) is 15.3. The number of ether oxygens (including phenoxy) is 2. The van der Waals surface area contributed by atoms with Crippen molar-refractivity contribution in [3.8, 4) is 5.88 Å². The van der Waals surface area contributed by atoms with Crippen LogP contribution in [0.1, 0.15) is 38.1 Å². The van der Waals surface area contributed by atoms with Crippen molar-refractivity contribution in [2.75, 3.05) is 13.2 Å². The van der Waals surface area contributed by atoms with E-state index < -0.39 is 0 Å². The van der Waals surface area contributed by atoms with Crippen molar-refractivity contribution in [3.63, 3.8) is 0 Å². The number of carbonyl (C=O) groups is 1. The van der Waals surface area contributed by atoms with Gasteiger partial charge in [-0.1, -0.05) is 18.0 Å². The Labute approximate surface area is 119 Å². The number of rotatable bonds is 6. The van der Waals surface area contributed by atoms with Gasteiger partial charge in [-0.05, 0) is 33.8 Å². The van der Waals surface area contributed by atoms with Crippen molar-refractivity contribution in [2.24, 2.45) is 0 Å². The van der Waals surface area contributed by atoms with Gasteiger partial charge in [-0.15, -0.1) is 0 Å². The number of allylic oxidation sites excluding steroid dienone is 1. The summed E-state index contributed by atoms with van der Waals surface area (Å²) in [7, 11) is 0. The third-order valence-corrected chi connectivity index (χ3v) is 2.50. The van der Waals surface area contributed by atoms with Crippen LogP contribution in [0.4, 0.5) is 0 Å². The lowest BCUT2D eigenvalue weighted by atomic mass is 10.2. The zero-order valence-corrected chi connectivity index (χ0v) is 12.5. The Morgan fingerprint density at radius 3 is 2.75 bits per heavy atom. The molecule has 1 aromatic rings. The monoisotopic (exact) mass is 275 g/mol. The smallest absolute Gasteiger partial charge is 0.203 e. The number of H-pyrrole nitrogens is 1. The molecule has 0 unspecified atom stereocenters. The van der Waals surface area contributed by atoms with Crippen molar-refractivity contribution in [3.05, 3.63) is 27.9 Å². The molecule has 0 saturated heterocycles. The van der Waals surface area contributed by atoms with E-state index in [0.29, 0.717) is 28.6 Å². The van der Waals surface area contributed by atoms with Crippen LogP contribution in [0.2, 0.25) is 0 Å². The highest BCUT2D eigenvalue weighted by Crippen LogP contribution is 2.10. The van der Waals surface area contributed by atoms with E-state index in [2.05, 4.69) is 23.0 Å². The molecule has 0 fully saturated rings. The van der Waals surface area contributed by atoms with E-state index in [1.165, 1.54) is 0 Å². The summed E-state index contributed by atoms with van der Waals surface area (Å²) in [6.45, 7) is 11.8. The SMILES string of the molecule is C=c1[nH]c(OCC)c(C(=O)COC(C)C)c1=C=C=CC. The molecule has 0 radical (unpaired) electrons. The summed E-state index contributed by atoms with van der Waals surface area (Å²) < 4.78 is 10.8. The van der Waals surface area contributed by atoms with Gasteiger partial charge in [0.15, 0.2) is 5.78 Å². The minimum atomic E-state index is -0.159. The maximum Gasteiger partial charge on any atom is 0.203 e. The largest absolute Gasteiger partial charge is 0.479 e. The molecule has 0 aromatic carbocycles. The molecule has 0 aliphatic rings. The molecule has 0 aliphatic heterocycles. The molecule has 108 valence electrons. The number of hydrogen-bond donors (Lipinski definition) is 1. The van der Waals surface area contributed by atoms with E-state index in [9.17, 15) is 4.79 Å². The molecule has 0 bridgehead atoms.